The number of carbonyl (C=O) groups excluding carboxylic acids is 3. The van der Waals surface area contributed by atoms with Crippen molar-refractivity contribution in [3.05, 3.63) is 77.5 Å². The lowest BCUT2D eigenvalue weighted by Gasteiger charge is -2.28. The highest BCUT2D eigenvalue weighted by Crippen LogP contribution is 2.34. The number of urea groups is 1. The van der Waals surface area contributed by atoms with E-state index in [1.165, 1.54) is 20.4 Å². The minimum absolute atomic E-state index is 0.256. The van der Waals surface area contributed by atoms with Gasteiger partial charge in [0.15, 0.2) is 18.1 Å². The van der Waals surface area contributed by atoms with E-state index in [-0.39, 0.29) is 17.9 Å². The summed E-state index contributed by atoms with van der Waals surface area (Å²) in [7, 11) is 2.70. The summed E-state index contributed by atoms with van der Waals surface area (Å²) >= 11 is 0. The van der Waals surface area contributed by atoms with Crippen LogP contribution in [0.5, 0.6) is 17.2 Å². The number of ether oxygens (including phenoxy) is 4. The first-order valence-corrected chi connectivity index (χ1v) is 11.2. The first kappa shape index (κ1) is 26.8. The van der Waals surface area contributed by atoms with Crippen LogP contribution in [0.2, 0.25) is 0 Å². The van der Waals surface area contributed by atoms with Crippen molar-refractivity contribution in [2.75, 3.05) is 27.4 Å². The standard InChI is InChI=1S/C26H28N4O7/c1-5-12-36-19-9-7-6-8-18(19)14-27-30-22(31)15-37-20-11-10-17(13-21(20)34-3)24-23(25(32)35-4)16(2)28-26(33)29-24/h5-11,13-14,24H,1,12,15H2,2-4H3,(H,30,31)(H2,28,29,33)/b27-14-/t24-/m1/s1. The zero-order valence-electron chi connectivity index (χ0n) is 20.7. The van der Waals surface area contributed by atoms with Crippen LogP contribution in [0, 0.1) is 0 Å². The lowest BCUT2D eigenvalue weighted by atomic mass is 9.95. The molecule has 3 N–H and O–H groups in total. The molecule has 0 fully saturated rings. The number of para-hydroxylation sites is 1. The maximum absolute atomic E-state index is 12.3. The second-order valence-electron chi connectivity index (χ2n) is 7.69. The molecule has 1 aliphatic rings. The number of benzene rings is 2. The largest absolute Gasteiger partial charge is 0.493 e. The molecule has 11 nitrogen and oxygen atoms in total. The molecule has 1 atom stereocenters. The van der Waals surface area contributed by atoms with Crippen molar-refractivity contribution >= 4 is 24.1 Å². The summed E-state index contributed by atoms with van der Waals surface area (Å²) in [6.07, 6.45) is 3.10. The van der Waals surface area contributed by atoms with Crippen LogP contribution in [0.15, 0.2) is 71.5 Å². The Balaban J connectivity index is 1.66. The van der Waals surface area contributed by atoms with Crippen LogP contribution < -0.4 is 30.3 Å². The SMILES string of the molecule is C=CCOc1ccccc1/C=N\NC(=O)COc1ccc([C@H]2NC(=O)NC(C)=C2C(=O)OC)cc1OC. The minimum Gasteiger partial charge on any atom is -0.493 e. The molecule has 0 saturated heterocycles. The average Bonchev–Trinajstić information content (AvgIpc) is 2.90. The predicted molar refractivity (Wildman–Crippen MR) is 135 cm³/mol. The second kappa shape index (κ2) is 12.8. The fourth-order valence-electron chi connectivity index (χ4n) is 3.52. The summed E-state index contributed by atoms with van der Waals surface area (Å²) < 4.78 is 21.4. The number of nitrogens with one attached hydrogen (secondary N) is 3. The third-order valence-corrected chi connectivity index (χ3v) is 5.22. The van der Waals surface area contributed by atoms with Gasteiger partial charge in [-0.1, -0.05) is 30.9 Å². The van der Waals surface area contributed by atoms with E-state index in [1.807, 2.05) is 12.1 Å². The maximum Gasteiger partial charge on any atom is 0.337 e. The molecular formula is C26H28N4O7. The van der Waals surface area contributed by atoms with Crippen LogP contribution in [-0.2, 0) is 14.3 Å². The molecule has 3 rings (SSSR count). The van der Waals surface area contributed by atoms with E-state index < -0.39 is 23.9 Å². The number of esters is 1. The second-order valence-corrected chi connectivity index (χ2v) is 7.69. The van der Waals surface area contributed by atoms with Crippen LogP contribution in [0.25, 0.3) is 0 Å². The molecule has 0 aliphatic carbocycles. The average molecular weight is 509 g/mol. The van der Waals surface area contributed by atoms with E-state index >= 15 is 0 Å². The van der Waals surface area contributed by atoms with Gasteiger partial charge < -0.3 is 29.6 Å². The molecule has 0 spiro atoms. The van der Waals surface area contributed by atoms with Crippen molar-refractivity contribution in [1.82, 2.24) is 16.1 Å². The molecule has 0 unspecified atom stereocenters. The molecule has 0 bridgehead atoms. The molecule has 2 aromatic rings. The van der Waals surface area contributed by atoms with Crippen molar-refractivity contribution in [1.29, 1.82) is 0 Å². The Hall–Kier alpha value is -4.80. The van der Waals surface area contributed by atoms with Gasteiger partial charge in [-0.2, -0.15) is 5.10 Å². The first-order chi connectivity index (χ1) is 17.9. The van der Waals surface area contributed by atoms with Crippen molar-refractivity contribution in [3.63, 3.8) is 0 Å². The Labute approximate surface area is 214 Å². The first-order valence-electron chi connectivity index (χ1n) is 11.2. The summed E-state index contributed by atoms with van der Waals surface area (Å²) in [5.74, 6) is 0.114. The van der Waals surface area contributed by atoms with Gasteiger partial charge in [0.05, 0.1) is 32.0 Å². The number of allylic oxidation sites excluding steroid dienone is 1. The molecule has 1 aliphatic heterocycles. The molecule has 2 aromatic carbocycles. The summed E-state index contributed by atoms with van der Waals surface area (Å²) in [6.45, 7) is 5.24. The monoisotopic (exact) mass is 508 g/mol. The highest BCUT2D eigenvalue weighted by molar-refractivity contribution is 5.95. The van der Waals surface area contributed by atoms with E-state index in [2.05, 4.69) is 27.7 Å². The molecule has 0 radical (unpaired) electrons. The summed E-state index contributed by atoms with van der Waals surface area (Å²) in [5.41, 5.74) is 4.28. The summed E-state index contributed by atoms with van der Waals surface area (Å²) in [6, 6.07) is 10.9. The highest BCUT2D eigenvalue weighted by Gasteiger charge is 2.32. The van der Waals surface area contributed by atoms with Gasteiger partial charge in [0.2, 0.25) is 0 Å². The van der Waals surface area contributed by atoms with Crippen LogP contribution >= 0.6 is 0 Å². The van der Waals surface area contributed by atoms with Gasteiger partial charge in [-0.15, -0.1) is 0 Å². The van der Waals surface area contributed by atoms with Gasteiger partial charge in [-0.25, -0.2) is 15.0 Å². The molecule has 37 heavy (non-hydrogen) atoms. The normalized spacial score (nSPS) is 14.9. The fraction of sp³-hybridized carbons (Fsp3) is 0.231. The Bertz CT molecular complexity index is 1240. The highest BCUT2D eigenvalue weighted by atomic mass is 16.5. The number of amides is 3. The van der Waals surface area contributed by atoms with Gasteiger partial charge in [-0.05, 0) is 36.8 Å². The Kier molecular flexibility index (Phi) is 9.25. The number of nitrogens with zero attached hydrogens (tertiary/aromatic N) is 1. The maximum atomic E-state index is 12.3. The predicted octanol–water partition coefficient (Wildman–Crippen LogP) is 2.59. The molecule has 0 aromatic heterocycles. The van der Waals surface area contributed by atoms with Crippen LogP contribution in [0.4, 0.5) is 4.79 Å². The third kappa shape index (κ3) is 6.88. The summed E-state index contributed by atoms with van der Waals surface area (Å²) in [4.78, 5) is 36.6. The van der Waals surface area contributed by atoms with E-state index in [0.717, 1.165) is 0 Å². The molecule has 1 heterocycles. The van der Waals surface area contributed by atoms with E-state index in [4.69, 9.17) is 18.9 Å². The quantitative estimate of drug-likeness (QED) is 0.184. The van der Waals surface area contributed by atoms with Gasteiger partial charge >= 0.3 is 12.0 Å². The minimum atomic E-state index is -0.764. The fourth-order valence-corrected chi connectivity index (χ4v) is 3.52. The zero-order chi connectivity index (χ0) is 26.8. The number of hydrogen-bond acceptors (Lipinski definition) is 8. The lowest BCUT2D eigenvalue weighted by Crippen LogP contribution is -2.45. The molecule has 194 valence electrons. The third-order valence-electron chi connectivity index (χ3n) is 5.22. The van der Waals surface area contributed by atoms with Crippen molar-refractivity contribution in [2.45, 2.75) is 13.0 Å². The lowest BCUT2D eigenvalue weighted by molar-refractivity contribution is -0.136. The summed E-state index contributed by atoms with van der Waals surface area (Å²) in [5, 5.41) is 9.22. The number of hydrogen-bond donors (Lipinski definition) is 3. The Morgan fingerprint density at radius 3 is 2.62 bits per heavy atom. The number of rotatable bonds is 11. The van der Waals surface area contributed by atoms with Crippen LogP contribution in [0.3, 0.4) is 0 Å². The van der Waals surface area contributed by atoms with Crippen molar-refractivity contribution in [2.24, 2.45) is 5.10 Å². The van der Waals surface area contributed by atoms with Crippen LogP contribution in [-0.4, -0.2) is 51.6 Å². The van der Waals surface area contributed by atoms with E-state index in [9.17, 15) is 14.4 Å². The topological polar surface area (TPSA) is 137 Å². The molecular weight excluding hydrogens is 480 g/mol. The van der Waals surface area contributed by atoms with Gasteiger partial charge in [-0.3, -0.25) is 4.79 Å². The zero-order valence-corrected chi connectivity index (χ0v) is 20.7. The van der Waals surface area contributed by atoms with Gasteiger partial charge in [0.25, 0.3) is 5.91 Å². The van der Waals surface area contributed by atoms with E-state index in [0.29, 0.717) is 34.9 Å². The molecule has 11 heteroatoms. The van der Waals surface area contributed by atoms with Crippen molar-refractivity contribution in [3.8, 4) is 17.2 Å². The van der Waals surface area contributed by atoms with Crippen LogP contribution in [0.1, 0.15) is 24.1 Å². The smallest absolute Gasteiger partial charge is 0.337 e. The van der Waals surface area contributed by atoms with E-state index in [1.54, 1.807) is 43.3 Å². The Morgan fingerprint density at radius 2 is 1.89 bits per heavy atom. The number of methoxy groups -OCH3 is 2. The van der Waals surface area contributed by atoms with Gasteiger partial charge in [0, 0.05) is 11.3 Å². The number of carbonyl (C=O) groups is 3. The van der Waals surface area contributed by atoms with Crippen molar-refractivity contribution < 1.29 is 33.3 Å². The van der Waals surface area contributed by atoms with Gasteiger partial charge in [0.1, 0.15) is 12.4 Å². The molecule has 0 saturated carbocycles. The molecule has 3 amide bonds. The Morgan fingerprint density at radius 1 is 1.11 bits per heavy atom. The number of hydrazone groups is 1.